The molecule has 1 heterocycles. The lowest BCUT2D eigenvalue weighted by molar-refractivity contribution is -0.151. The number of nitrogens with zero attached hydrogens (tertiary/aromatic N) is 2. The van der Waals surface area contributed by atoms with Crippen LogP contribution in [0.5, 0.6) is 0 Å². The smallest absolute Gasteiger partial charge is 0.324 e. The third-order valence-corrected chi connectivity index (χ3v) is 3.29. The Morgan fingerprint density at radius 1 is 1.47 bits per heavy atom. The van der Waals surface area contributed by atoms with Gasteiger partial charge in [-0.3, -0.25) is 9.59 Å². The summed E-state index contributed by atoms with van der Waals surface area (Å²) in [5, 5.41) is 5.57. The van der Waals surface area contributed by atoms with Gasteiger partial charge in [0.25, 0.3) is 5.91 Å². The van der Waals surface area contributed by atoms with Gasteiger partial charge < -0.3 is 4.74 Å². The summed E-state index contributed by atoms with van der Waals surface area (Å²) in [5.74, 6) is -1.54. The van der Waals surface area contributed by atoms with Gasteiger partial charge in [-0.2, -0.15) is 5.10 Å². The summed E-state index contributed by atoms with van der Waals surface area (Å²) in [5.41, 5.74) is 0. The number of rotatable bonds is 3. The first-order valence-electron chi connectivity index (χ1n) is 6.28. The molecule has 0 saturated heterocycles. The predicted molar refractivity (Wildman–Crippen MR) is 62.3 cm³/mol. The monoisotopic (exact) mass is 238 g/mol. The number of carbonyl (C=O) groups is 2. The molecule has 1 aliphatic carbocycles. The lowest BCUT2D eigenvalue weighted by Gasteiger charge is -2.28. The van der Waals surface area contributed by atoms with Crippen LogP contribution in [0, 0.1) is 5.92 Å². The Morgan fingerprint density at radius 3 is 2.82 bits per heavy atom. The van der Waals surface area contributed by atoms with E-state index in [2.05, 4.69) is 5.10 Å². The van der Waals surface area contributed by atoms with E-state index in [0.29, 0.717) is 6.61 Å². The molecule has 1 saturated carbocycles. The van der Waals surface area contributed by atoms with E-state index in [1.165, 1.54) is 17.6 Å². The molecule has 2 rings (SSSR count). The topological polar surface area (TPSA) is 59.0 Å². The van der Waals surface area contributed by atoms with Crippen LogP contribution in [0.2, 0.25) is 0 Å². The number of amides is 1. The second-order valence-electron chi connectivity index (χ2n) is 4.47. The molecule has 5 nitrogen and oxygen atoms in total. The van der Waals surface area contributed by atoms with Gasteiger partial charge in [-0.15, -0.1) is 0 Å². The molecular weight excluding hydrogens is 220 g/mol. The first-order chi connectivity index (χ1) is 8.24. The van der Waals surface area contributed by atoms with Gasteiger partial charge in [0.1, 0.15) is 0 Å². The first-order valence-corrected chi connectivity index (χ1v) is 6.28. The van der Waals surface area contributed by atoms with E-state index in [0.717, 1.165) is 25.7 Å². The van der Waals surface area contributed by atoms with Crippen LogP contribution >= 0.6 is 0 Å². The molecular formula is C12H18N2O3. The quantitative estimate of drug-likeness (QED) is 0.550. The number of ether oxygens (including phenoxy) is 1. The molecule has 0 spiro atoms. The summed E-state index contributed by atoms with van der Waals surface area (Å²) >= 11 is 0. The van der Waals surface area contributed by atoms with Gasteiger partial charge >= 0.3 is 5.97 Å². The molecule has 1 fully saturated rings. The lowest BCUT2D eigenvalue weighted by Crippen LogP contribution is -2.39. The summed E-state index contributed by atoms with van der Waals surface area (Å²) in [4.78, 5) is 23.5. The molecule has 0 bridgehead atoms. The zero-order valence-corrected chi connectivity index (χ0v) is 10.1. The molecule has 17 heavy (non-hydrogen) atoms. The molecule has 1 amide bonds. The number of esters is 1. The third kappa shape index (κ3) is 2.48. The van der Waals surface area contributed by atoms with Crippen molar-refractivity contribution in [1.82, 2.24) is 5.01 Å². The van der Waals surface area contributed by atoms with Crippen molar-refractivity contribution in [2.75, 3.05) is 6.61 Å². The molecule has 0 aromatic rings. The second kappa shape index (κ2) is 5.29. The summed E-state index contributed by atoms with van der Waals surface area (Å²) in [6, 6.07) is 0.173. The molecule has 1 unspecified atom stereocenters. The third-order valence-electron chi connectivity index (χ3n) is 3.29. The largest absolute Gasteiger partial charge is 0.465 e. The maximum absolute atomic E-state index is 12.0. The van der Waals surface area contributed by atoms with E-state index in [9.17, 15) is 9.59 Å². The van der Waals surface area contributed by atoms with Crippen LogP contribution in [-0.4, -0.2) is 35.7 Å². The molecule has 0 aromatic heterocycles. The van der Waals surface area contributed by atoms with Gasteiger partial charge in [-0.1, -0.05) is 19.3 Å². The molecule has 94 valence electrons. The number of carbonyl (C=O) groups excluding carboxylic acids is 2. The summed E-state index contributed by atoms with van der Waals surface area (Å²) in [6.45, 7) is 2.02. The minimum absolute atomic E-state index is 0.173. The van der Waals surface area contributed by atoms with E-state index < -0.39 is 11.9 Å². The molecule has 2 aliphatic rings. The van der Waals surface area contributed by atoms with Crippen LogP contribution in [0.4, 0.5) is 0 Å². The zero-order valence-electron chi connectivity index (χ0n) is 10.1. The first kappa shape index (κ1) is 12.1. The Morgan fingerprint density at radius 2 is 2.18 bits per heavy atom. The molecule has 1 atom stereocenters. The highest BCUT2D eigenvalue weighted by atomic mass is 16.5. The summed E-state index contributed by atoms with van der Waals surface area (Å²) < 4.78 is 4.85. The van der Waals surface area contributed by atoms with Gasteiger partial charge in [0.05, 0.1) is 12.6 Å². The number of hydrogen-bond donors (Lipinski definition) is 0. The molecule has 0 aromatic carbocycles. The van der Waals surface area contributed by atoms with Crippen molar-refractivity contribution in [3.63, 3.8) is 0 Å². The highest BCUT2D eigenvalue weighted by Gasteiger charge is 2.38. The van der Waals surface area contributed by atoms with E-state index >= 15 is 0 Å². The van der Waals surface area contributed by atoms with Crippen LogP contribution in [0.1, 0.15) is 39.0 Å². The van der Waals surface area contributed by atoms with Gasteiger partial charge in [-0.05, 0) is 19.8 Å². The van der Waals surface area contributed by atoms with Gasteiger partial charge in [0.15, 0.2) is 5.92 Å². The maximum atomic E-state index is 12.0. The fraction of sp³-hybridized carbons (Fsp3) is 0.750. The minimum atomic E-state index is -0.822. The number of hydrazone groups is 1. The van der Waals surface area contributed by atoms with Crippen molar-refractivity contribution < 1.29 is 14.3 Å². The highest BCUT2D eigenvalue weighted by Crippen LogP contribution is 2.26. The normalized spacial score (nSPS) is 25.4. The summed E-state index contributed by atoms with van der Waals surface area (Å²) in [7, 11) is 0. The Hall–Kier alpha value is -1.39. The van der Waals surface area contributed by atoms with Crippen molar-refractivity contribution >= 4 is 18.1 Å². The molecule has 5 heteroatoms. The minimum Gasteiger partial charge on any atom is -0.465 e. The second-order valence-corrected chi connectivity index (χ2v) is 4.47. The fourth-order valence-corrected chi connectivity index (χ4v) is 2.40. The van der Waals surface area contributed by atoms with E-state index in [-0.39, 0.29) is 11.9 Å². The molecule has 0 radical (unpaired) electrons. The van der Waals surface area contributed by atoms with E-state index in [1.807, 2.05) is 0 Å². The van der Waals surface area contributed by atoms with Crippen molar-refractivity contribution in [2.24, 2.45) is 11.0 Å². The Labute approximate surface area is 101 Å². The Kier molecular flexibility index (Phi) is 3.76. The van der Waals surface area contributed by atoms with Crippen molar-refractivity contribution in [3.8, 4) is 0 Å². The van der Waals surface area contributed by atoms with Gasteiger partial charge in [0.2, 0.25) is 0 Å². The fourth-order valence-electron chi connectivity index (χ4n) is 2.40. The van der Waals surface area contributed by atoms with Crippen LogP contribution < -0.4 is 0 Å². The molecule has 0 N–H and O–H groups in total. The zero-order chi connectivity index (χ0) is 12.3. The Bertz CT molecular complexity index is 335. The average Bonchev–Trinajstić information content (AvgIpc) is 2.72. The van der Waals surface area contributed by atoms with Crippen molar-refractivity contribution in [2.45, 2.75) is 45.1 Å². The number of hydrogen-bond acceptors (Lipinski definition) is 4. The maximum Gasteiger partial charge on any atom is 0.324 e. The summed E-state index contributed by atoms with van der Waals surface area (Å²) in [6.07, 6.45) is 6.87. The highest BCUT2D eigenvalue weighted by molar-refractivity contribution is 6.13. The standard InChI is InChI=1S/C12H18N2O3/c1-2-17-12(16)10-8-13-14(11(10)15)9-6-4-3-5-7-9/h8-10H,2-7H2,1H3. The van der Waals surface area contributed by atoms with Crippen molar-refractivity contribution in [1.29, 1.82) is 0 Å². The predicted octanol–water partition coefficient (Wildman–Crippen LogP) is 1.33. The average molecular weight is 238 g/mol. The van der Waals surface area contributed by atoms with Crippen molar-refractivity contribution in [3.05, 3.63) is 0 Å². The van der Waals surface area contributed by atoms with E-state index in [1.54, 1.807) is 6.92 Å². The van der Waals surface area contributed by atoms with Gasteiger partial charge in [-0.25, -0.2) is 5.01 Å². The Balaban J connectivity index is 1.97. The van der Waals surface area contributed by atoms with Crippen LogP contribution in [0.25, 0.3) is 0 Å². The van der Waals surface area contributed by atoms with Crippen LogP contribution in [0.15, 0.2) is 5.10 Å². The van der Waals surface area contributed by atoms with Gasteiger partial charge in [0, 0.05) is 6.21 Å². The van der Waals surface area contributed by atoms with Crippen LogP contribution in [0.3, 0.4) is 0 Å². The molecule has 1 aliphatic heterocycles. The SMILES string of the molecule is CCOC(=O)C1C=NN(C2CCCCC2)C1=O. The van der Waals surface area contributed by atoms with Crippen LogP contribution in [-0.2, 0) is 14.3 Å². The van der Waals surface area contributed by atoms with E-state index in [4.69, 9.17) is 4.74 Å². The lowest BCUT2D eigenvalue weighted by atomic mass is 9.95.